The largest absolute Gasteiger partial charge is 0.286 e. The summed E-state index contributed by atoms with van der Waals surface area (Å²) in [5.74, 6) is 0.384. The van der Waals surface area contributed by atoms with E-state index in [1.54, 1.807) is 0 Å². The van der Waals surface area contributed by atoms with Crippen molar-refractivity contribution in [1.82, 2.24) is 0 Å². The predicted molar refractivity (Wildman–Crippen MR) is 59.1 cm³/mol. The lowest BCUT2D eigenvalue weighted by atomic mass is 9.69. The maximum absolute atomic E-state index is 11.1. The first-order valence-electron chi connectivity index (χ1n) is 5.32. The van der Waals surface area contributed by atoms with Gasteiger partial charge in [-0.3, -0.25) is 4.55 Å². The van der Waals surface area contributed by atoms with Crippen LogP contribution in [-0.4, -0.2) is 18.7 Å². The van der Waals surface area contributed by atoms with Gasteiger partial charge in [0.05, 0.1) is 5.75 Å². The zero-order chi connectivity index (χ0) is 11.5. The molecule has 3 nitrogen and oxygen atoms in total. The summed E-state index contributed by atoms with van der Waals surface area (Å²) in [4.78, 5) is 0. The minimum absolute atomic E-state index is 0.0418. The van der Waals surface area contributed by atoms with Crippen LogP contribution < -0.4 is 0 Å². The van der Waals surface area contributed by atoms with E-state index in [1.165, 1.54) is 0 Å². The Morgan fingerprint density at radius 1 is 1.53 bits per heavy atom. The minimum Gasteiger partial charge on any atom is -0.286 e. The van der Waals surface area contributed by atoms with Crippen LogP contribution >= 0.6 is 0 Å². The number of hydrogen-bond acceptors (Lipinski definition) is 2. The van der Waals surface area contributed by atoms with Gasteiger partial charge in [0.2, 0.25) is 0 Å². The van der Waals surface area contributed by atoms with Gasteiger partial charge in [0.1, 0.15) is 0 Å². The van der Waals surface area contributed by atoms with Crippen molar-refractivity contribution in [3.05, 3.63) is 12.2 Å². The Bertz CT molecular complexity index is 408. The lowest BCUT2D eigenvalue weighted by molar-refractivity contribution is 0.179. The molecule has 0 radical (unpaired) electrons. The summed E-state index contributed by atoms with van der Waals surface area (Å²) < 4.78 is 31.3. The molecule has 0 aromatic heterocycles. The van der Waals surface area contributed by atoms with E-state index >= 15 is 0 Å². The lowest BCUT2D eigenvalue weighted by Gasteiger charge is -2.37. The van der Waals surface area contributed by atoms with Crippen LogP contribution in [-0.2, 0) is 10.1 Å². The zero-order valence-electron chi connectivity index (χ0n) is 9.28. The highest BCUT2D eigenvalue weighted by molar-refractivity contribution is 7.85. The van der Waals surface area contributed by atoms with E-state index in [2.05, 4.69) is 20.4 Å². The summed E-state index contributed by atoms with van der Waals surface area (Å²) in [6, 6.07) is 0. The third kappa shape index (κ3) is 1.38. The summed E-state index contributed by atoms with van der Waals surface area (Å²) in [6.07, 6.45) is 2.83. The average molecular weight is 230 g/mol. The third-order valence-corrected chi connectivity index (χ3v) is 5.63. The Hall–Kier alpha value is -0.350. The monoisotopic (exact) mass is 230 g/mol. The van der Waals surface area contributed by atoms with Crippen molar-refractivity contribution < 1.29 is 13.0 Å². The molecule has 15 heavy (non-hydrogen) atoms. The van der Waals surface area contributed by atoms with E-state index in [1.807, 2.05) is 0 Å². The molecular formula is C11H18O3S. The van der Waals surface area contributed by atoms with Crippen molar-refractivity contribution in [2.45, 2.75) is 33.1 Å². The Balaban J connectivity index is 2.45. The first-order chi connectivity index (χ1) is 6.69. The van der Waals surface area contributed by atoms with Crippen LogP contribution in [0.15, 0.2) is 12.2 Å². The van der Waals surface area contributed by atoms with Gasteiger partial charge in [-0.05, 0) is 30.6 Å². The Kier molecular flexibility index (Phi) is 2.12. The smallest absolute Gasteiger partial charge is 0.265 e. The lowest BCUT2D eigenvalue weighted by Crippen LogP contribution is -2.37. The molecule has 2 rings (SSSR count). The normalized spacial score (nSPS) is 38.6. The molecule has 2 aliphatic carbocycles. The van der Waals surface area contributed by atoms with Crippen molar-refractivity contribution in [2.24, 2.45) is 16.7 Å². The van der Waals surface area contributed by atoms with Crippen molar-refractivity contribution in [3.8, 4) is 0 Å². The number of rotatable bonds is 2. The zero-order valence-corrected chi connectivity index (χ0v) is 10.1. The van der Waals surface area contributed by atoms with Crippen molar-refractivity contribution >= 4 is 10.1 Å². The summed E-state index contributed by atoms with van der Waals surface area (Å²) in [5, 5.41) is 0. The second-order valence-electron chi connectivity index (χ2n) is 5.57. The van der Waals surface area contributed by atoms with Crippen LogP contribution in [0.4, 0.5) is 0 Å². The average Bonchev–Trinajstić information content (AvgIpc) is 2.34. The van der Waals surface area contributed by atoms with E-state index in [9.17, 15) is 8.42 Å². The second kappa shape index (κ2) is 2.86. The molecule has 2 bridgehead atoms. The molecular weight excluding hydrogens is 212 g/mol. The third-order valence-electron chi connectivity index (χ3n) is 4.77. The van der Waals surface area contributed by atoms with Crippen LogP contribution in [0.3, 0.4) is 0 Å². The molecule has 0 aliphatic heterocycles. The molecule has 0 aromatic carbocycles. The van der Waals surface area contributed by atoms with Gasteiger partial charge in [-0.1, -0.05) is 26.0 Å². The molecule has 2 saturated carbocycles. The Morgan fingerprint density at radius 2 is 2.13 bits per heavy atom. The molecule has 0 aromatic rings. The van der Waals surface area contributed by atoms with Gasteiger partial charge >= 0.3 is 0 Å². The molecule has 0 spiro atoms. The second-order valence-corrected chi connectivity index (χ2v) is 7.03. The molecule has 2 unspecified atom stereocenters. The van der Waals surface area contributed by atoms with Gasteiger partial charge < -0.3 is 0 Å². The van der Waals surface area contributed by atoms with Crippen molar-refractivity contribution in [3.63, 3.8) is 0 Å². The molecule has 1 N–H and O–H groups in total. The van der Waals surface area contributed by atoms with E-state index in [0.717, 1.165) is 24.8 Å². The molecule has 2 atom stereocenters. The van der Waals surface area contributed by atoms with E-state index in [0.29, 0.717) is 5.92 Å². The standard InChI is InChI=1S/C11H18O3S/c1-8-6-9-4-5-11(8,10(9,2)3)7-15(12,13)14/h9H,1,4-7H2,2-3H3,(H,12,13,14). The SMILES string of the molecule is C=C1CC2CCC1(CS(=O)(=O)O)C2(C)C. The fraction of sp³-hybridized carbons (Fsp3) is 0.818. The van der Waals surface area contributed by atoms with Gasteiger partial charge in [0.15, 0.2) is 0 Å². The fourth-order valence-electron chi connectivity index (χ4n) is 3.65. The Labute approximate surface area is 91.3 Å². The topological polar surface area (TPSA) is 54.4 Å². The van der Waals surface area contributed by atoms with Gasteiger partial charge in [-0.15, -0.1) is 0 Å². The van der Waals surface area contributed by atoms with Gasteiger partial charge in [0, 0.05) is 5.41 Å². The first kappa shape index (κ1) is 11.1. The minimum atomic E-state index is -3.92. The Morgan fingerprint density at radius 3 is 2.47 bits per heavy atom. The van der Waals surface area contributed by atoms with Gasteiger partial charge in [-0.25, -0.2) is 0 Å². The fourth-order valence-corrected chi connectivity index (χ4v) is 4.99. The highest BCUT2D eigenvalue weighted by Gasteiger charge is 2.62. The highest BCUT2D eigenvalue weighted by atomic mass is 32.2. The van der Waals surface area contributed by atoms with Crippen molar-refractivity contribution in [1.29, 1.82) is 0 Å². The number of fused-ring (bicyclic) bond motifs is 2. The number of allylic oxidation sites excluding steroid dienone is 1. The van der Waals surface area contributed by atoms with E-state index < -0.39 is 10.1 Å². The molecule has 0 heterocycles. The summed E-state index contributed by atoms with van der Waals surface area (Å²) in [5.41, 5.74) is 0.590. The van der Waals surface area contributed by atoms with Crippen LogP contribution in [0, 0.1) is 16.7 Å². The summed E-state index contributed by atoms with van der Waals surface area (Å²) in [6.45, 7) is 8.22. The summed E-state index contributed by atoms with van der Waals surface area (Å²) >= 11 is 0. The predicted octanol–water partition coefficient (Wildman–Crippen LogP) is 2.26. The maximum atomic E-state index is 11.1. The summed E-state index contributed by atoms with van der Waals surface area (Å²) in [7, 11) is -3.92. The van der Waals surface area contributed by atoms with E-state index in [-0.39, 0.29) is 16.6 Å². The van der Waals surface area contributed by atoms with Crippen LogP contribution in [0.25, 0.3) is 0 Å². The van der Waals surface area contributed by atoms with Gasteiger partial charge in [0.25, 0.3) is 10.1 Å². The van der Waals surface area contributed by atoms with Crippen molar-refractivity contribution in [2.75, 3.05) is 5.75 Å². The molecule has 2 fully saturated rings. The van der Waals surface area contributed by atoms with Crippen LogP contribution in [0.1, 0.15) is 33.1 Å². The maximum Gasteiger partial charge on any atom is 0.265 e. The highest BCUT2D eigenvalue weighted by Crippen LogP contribution is 2.68. The molecule has 86 valence electrons. The van der Waals surface area contributed by atoms with Gasteiger partial charge in [-0.2, -0.15) is 8.42 Å². The molecule has 4 heteroatoms. The van der Waals surface area contributed by atoms with Crippen LogP contribution in [0.2, 0.25) is 0 Å². The quantitative estimate of drug-likeness (QED) is 0.585. The first-order valence-corrected chi connectivity index (χ1v) is 6.93. The van der Waals surface area contributed by atoms with Crippen LogP contribution in [0.5, 0.6) is 0 Å². The van der Waals surface area contributed by atoms with E-state index in [4.69, 9.17) is 4.55 Å². The number of hydrogen-bond donors (Lipinski definition) is 1. The molecule has 0 saturated heterocycles. The molecule has 2 aliphatic rings. The molecule has 0 amide bonds.